The highest BCUT2D eigenvalue weighted by molar-refractivity contribution is 6.14. The maximum atomic E-state index is 13.3. The summed E-state index contributed by atoms with van der Waals surface area (Å²) in [7, 11) is 3.58. The van der Waals surface area contributed by atoms with Crippen LogP contribution in [-0.2, 0) is 7.05 Å². The quantitative estimate of drug-likeness (QED) is 0.339. The average molecular weight is 480 g/mol. The molecule has 0 spiro atoms. The Morgan fingerprint density at radius 2 is 1.94 bits per heavy atom. The van der Waals surface area contributed by atoms with Crippen LogP contribution in [0.4, 0.5) is 17.5 Å². The first-order valence-electron chi connectivity index (χ1n) is 11.4. The number of carbonyl (C=O) groups excluding carboxylic acids is 2. The number of hydrogen-bond donors (Lipinski definition) is 2. The zero-order valence-electron chi connectivity index (χ0n) is 20.4. The largest absolute Gasteiger partial charge is 0.359 e. The summed E-state index contributed by atoms with van der Waals surface area (Å²) in [4.78, 5) is 38.8. The summed E-state index contributed by atoms with van der Waals surface area (Å²) < 4.78 is 1.78. The lowest BCUT2D eigenvalue weighted by atomic mass is 10.0. The van der Waals surface area contributed by atoms with Crippen molar-refractivity contribution < 1.29 is 9.59 Å². The number of para-hydroxylation sites is 1. The molecule has 0 atom stereocenters. The molecule has 0 bridgehead atoms. The van der Waals surface area contributed by atoms with Gasteiger partial charge in [-0.3, -0.25) is 14.3 Å². The SMILES string of the molecule is Cc1cnc(Nc2cc(C)n(C)n2)nc1-c1c[nH]c2c(N(C)C(=O)c3ccccc3C=O)cccc12. The number of aromatic amines is 1. The number of aldehydes is 1. The summed E-state index contributed by atoms with van der Waals surface area (Å²) >= 11 is 0. The molecule has 0 aliphatic carbocycles. The second kappa shape index (κ2) is 9.10. The summed E-state index contributed by atoms with van der Waals surface area (Å²) in [5, 5.41) is 8.50. The van der Waals surface area contributed by atoms with Gasteiger partial charge in [-0.2, -0.15) is 5.10 Å². The van der Waals surface area contributed by atoms with Crippen molar-refractivity contribution >= 4 is 40.5 Å². The predicted molar refractivity (Wildman–Crippen MR) is 140 cm³/mol. The fourth-order valence-electron chi connectivity index (χ4n) is 4.21. The Kier molecular flexibility index (Phi) is 5.81. The first-order valence-corrected chi connectivity index (χ1v) is 11.4. The Bertz CT molecular complexity index is 1600. The molecule has 0 fully saturated rings. The van der Waals surface area contributed by atoms with E-state index in [1.807, 2.05) is 51.4 Å². The van der Waals surface area contributed by atoms with Crippen LogP contribution in [0.3, 0.4) is 0 Å². The van der Waals surface area contributed by atoms with Gasteiger partial charge in [0.05, 0.1) is 22.5 Å². The van der Waals surface area contributed by atoms with E-state index >= 15 is 0 Å². The number of aromatic nitrogens is 5. The van der Waals surface area contributed by atoms with E-state index in [0.717, 1.165) is 33.4 Å². The highest BCUT2D eigenvalue weighted by Crippen LogP contribution is 2.35. The van der Waals surface area contributed by atoms with Gasteiger partial charge in [0.1, 0.15) is 0 Å². The molecule has 180 valence electrons. The molecule has 0 radical (unpaired) electrons. The van der Waals surface area contributed by atoms with Crippen LogP contribution in [0.5, 0.6) is 0 Å². The summed E-state index contributed by atoms with van der Waals surface area (Å²) in [6.07, 6.45) is 4.36. The fraction of sp³-hybridized carbons (Fsp3) is 0.148. The molecule has 0 saturated carbocycles. The first kappa shape index (κ1) is 23.0. The molecule has 2 aromatic carbocycles. The van der Waals surface area contributed by atoms with Gasteiger partial charge >= 0.3 is 0 Å². The first-order chi connectivity index (χ1) is 17.4. The van der Waals surface area contributed by atoms with Crippen molar-refractivity contribution in [3.63, 3.8) is 0 Å². The van der Waals surface area contributed by atoms with Gasteiger partial charge in [-0.25, -0.2) is 9.97 Å². The standard InChI is InChI=1S/C27H25N7O2/c1-16-13-29-27(30-23-12-17(2)34(4)32-23)31-24(16)21-14-28-25-20(21)10-7-11-22(25)33(3)26(36)19-9-6-5-8-18(19)15-35/h5-15,28H,1-4H3,(H,29,30,31,32). The van der Waals surface area contributed by atoms with Crippen molar-refractivity contribution in [2.24, 2.45) is 7.05 Å². The van der Waals surface area contributed by atoms with Crippen LogP contribution in [0.25, 0.3) is 22.2 Å². The van der Waals surface area contributed by atoms with Crippen LogP contribution >= 0.6 is 0 Å². The van der Waals surface area contributed by atoms with Gasteiger partial charge in [0, 0.05) is 54.8 Å². The van der Waals surface area contributed by atoms with E-state index in [2.05, 4.69) is 20.4 Å². The number of H-pyrrole nitrogens is 1. The van der Waals surface area contributed by atoms with Crippen LogP contribution in [0.1, 0.15) is 32.0 Å². The van der Waals surface area contributed by atoms with Gasteiger partial charge in [0.25, 0.3) is 5.91 Å². The number of rotatable bonds is 6. The van der Waals surface area contributed by atoms with E-state index < -0.39 is 0 Å². The molecule has 9 nitrogen and oxygen atoms in total. The minimum absolute atomic E-state index is 0.267. The van der Waals surface area contributed by atoms with Crippen LogP contribution < -0.4 is 10.2 Å². The Labute approximate surface area is 207 Å². The maximum absolute atomic E-state index is 13.3. The second-order valence-electron chi connectivity index (χ2n) is 8.62. The molecule has 0 aliphatic heterocycles. The molecule has 9 heteroatoms. The third-order valence-corrected chi connectivity index (χ3v) is 6.26. The lowest BCUT2D eigenvalue weighted by Crippen LogP contribution is -2.27. The number of aryl methyl sites for hydroxylation is 3. The van der Waals surface area contributed by atoms with Gasteiger partial charge in [-0.05, 0) is 31.5 Å². The molecule has 2 N–H and O–H groups in total. The summed E-state index contributed by atoms with van der Waals surface area (Å²) in [5.41, 5.74) is 5.78. The number of nitrogens with zero attached hydrogens (tertiary/aromatic N) is 5. The van der Waals surface area contributed by atoms with Crippen molar-refractivity contribution in [3.05, 3.63) is 83.3 Å². The third kappa shape index (κ3) is 4.00. The Morgan fingerprint density at radius 3 is 2.69 bits per heavy atom. The third-order valence-electron chi connectivity index (χ3n) is 6.26. The highest BCUT2D eigenvalue weighted by Gasteiger charge is 2.21. The molecule has 36 heavy (non-hydrogen) atoms. The topological polar surface area (TPSA) is 109 Å². The molecule has 5 rings (SSSR count). The molecule has 3 aromatic heterocycles. The van der Waals surface area contributed by atoms with Gasteiger partial charge in [0.15, 0.2) is 12.1 Å². The van der Waals surface area contributed by atoms with E-state index in [9.17, 15) is 9.59 Å². The average Bonchev–Trinajstić information content (AvgIpc) is 3.46. The van der Waals surface area contributed by atoms with Crippen molar-refractivity contribution in [1.29, 1.82) is 0 Å². The number of anilines is 3. The van der Waals surface area contributed by atoms with Crippen LogP contribution in [0.15, 0.2) is 60.9 Å². The Hall–Kier alpha value is -4.79. The van der Waals surface area contributed by atoms with Crippen molar-refractivity contribution in [1.82, 2.24) is 24.7 Å². The maximum Gasteiger partial charge on any atom is 0.258 e. The van der Waals surface area contributed by atoms with Gasteiger partial charge in [0.2, 0.25) is 5.95 Å². The normalized spacial score (nSPS) is 11.0. The zero-order valence-corrected chi connectivity index (χ0v) is 20.4. The Morgan fingerprint density at radius 1 is 1.14 bits per heavy atom. The lowest BCUT2D eigenvalue weighted by molar-refractivity contribution is 0.0986. The lowest BCUT2D eigenvalue weighted by Gasteiger charge is -2.19. The van der Waals surface area contributed by atoms with Crippen LogP contribution in [0.2, 0.25) is 0 Å². The van der Waals surface area contributed by atoms with E-state index in [-0.39, 0.29) is 5.91 Å². The number of hydrogen-bond acceptors (Lipinski definition) is 6. The number of amides is 1. The summed E-state index contributed by atoms with van der Waals surface area (Å²) in [6, 6.07) is 14.5. The number of nitrogens with one attached hydrogen (secondary N) is 2. The molecule has 0 saturated heterocycles. The number of benzene rings is 2. The minimum Gasteiger partial charge on any atom is -0.359 e. The minimum atomic E-state index is -0.267. The van der Waals surface area contributed by atoms with Crippen molar-refractivity contribution in [2.75, 3.05) is 17.3 Å². The molecule has 1 amide bonds. The van der Waals surface area contributed by atoms with E-state index in [1.54, 1.807) is 47.1 Å². The van der Waals surface area contributed by atoms with E-state index in [0.29, 0.717) is 34.9 Å². The van der Waals surface area contributed by atoms with E-state index in [4.69, 9.17) is 4.98 Å². The van der Waals surface area contributed by atoms with E-state index in [1.165, 1.54) is 0 Å². The number of fused-ring (bicyclic) bond motifs is 1. The van der Waals surface area contributed by atoms with Gasteiger partial charge < -0.3 is 15.2 Å². The van der Waals surface area contributed by atoms with Crippen LogP contribution in [-0.4, -0.2) is 44.0 Å². The number of carbonyl (C=O) groups is 2. The predicted octanol–water partition coefficient (Wildman–Crippen LogP) is 4.81. The van der Waals surface area contributed by atoms with Gasteiger partial charge in [-0.15, -0.1) is 0 Å². The Balaban J connectivity index is 1.53. The highest BCUT2D eigenvalue weighted by atomic mass is 16.2. The van der Waals surface area contributed by atoms with Crippen molar-refractivity contribution in [2.45, 2.75) is 13.8 Å². The summed E-state index contributed by atoms with van der Waals surface area (Å²) in [5.74, 6) is 0.843. The molecular formula is C27H25N7O2. The van der Waals surface area contributed by atoms with Gasteiger partial charge in [-0.1, -0.05) is 30.3 Å². The molecule has 0 unspecified atom stereocenters. The molecule has 3 heterocycles. The zero-order chi connectivity index (χ0) is 25.4. The molecule has 5 aromatic rings. The molecular weight excluding hydrogens is 454 g/mol. The van der Waals surface area contributed by atoms with Crippen LogP contribution in [0, 0.1) is 13.8 Å². The monoisotopic (exact) mass is 479 g/mol. The summed E-state index contributed by atoms with van der Waals surface area (Å²) in [6.45, 7) is 3.93. The smallest absolute Gasteiger partial charge is 0.258 e. The van der Waals surface area contributed by atoms with Crippen molar-refractivity contribution in [3.8, 4) is 11.3 Å². The second-order valence-corrected chi connectivity index (χ2v) is 8.62. The molecule has 0 aliphatic rings. The fourth-order valence-corrected chi connectivity index (χ4v) is 4.21.